The largest absolute Gasteiger partial charge is 0.375 e. The SMILES string of the molecule is Cc1onc(-c2c(F)cccc2Cl)c1C(=O)NC(N)=[N+]1CCOCC1. The number of hydrogen-bond acceptors (Lipinski definition) is 4. The Morgan fingerprint density at radius 1 is 1.40 bits per heavy atom. The second-order valence-corrected chi connectivity index (χ2v) is 5.91. The Labute approximate surface area is 148 Å². The van der Waals surface area contributed by atoms with Crippen molar-refractivity contribution >= 4 is 23.5 Å². The normalized spacial score (nSPS) is 14.4. The average Bonchev–Trinajstić information content (AvgIpc) is 2.97. The molecule has 0 unspecified atom stereocenters. The van der Waals surface area contributed by atoms with Crippen molar-refractivity contribution in [2.45, 2.75) is 6.92 Å². The summed E-state index contributed by atoms with van der Waals surface area (Å²) >= 11 is 6.07. The molecule has 0 aliphatic carbocycles. The summed E-state index contributed by atoms with van der Waals surface area (Å²) in [6, 6.07) is 4.22. The van der Waals surface area contributed by atoms with Crippen LogP contribution in [0.3, 0.4) is 0 Å². The van der Waals surface area contributed by atoms with Crippen molar-refractivity contribution in [1.82, 2.24) is 10.5 Å². The molecule has 0 bridgehead atoms. The van der Waals surface area contributed by atoms with E-state index in [-0.39, 0.29) is 33.6 Å². The minimum Gasteiger partial charge on any atom is -0.375 e. The first kappa shape index (κ1) is 17.4. The fraction of sp³-hybridized carbons (Fsp3) is 0.312. The molecule has 1 fully saturated rings. The fourth-order valence-corrected chi connectivity index (χ4v) is 2.85. The minimum atomic E-state index is -0.597. The maximum Gasteiger partial charge on any atom is 0.351 e. The molecular formula is C16H17ClFN4O3+. The van der Waals surface area contributed by atoms with E-state index in [0.717, 1.165) is 0 Å². The van der Waals surface area contributed by atoms with Crippen molar-refractivity contribution in [3.63, 3.8) is 0 Å². The Bertz CT molecular complexity index is 822. The number of halogens is 2. The predicted octanol–water partition coefficient (Wildman–Crippen LogP) is 1.53. The van der Waals surface area contributed by atoms with Crippen LogP contribution in [0.5, 0.6) is 0 Å². The molecule has 1 aliphatic rings. The molecule has 1 saturated heterocycles. The summed E-state index contributed by atoms with van der Waals surface area (Å²) in [6.07, 6.45) is 0. The molecule has 2 aromatic rings. The molecule has 3 rings (SSSR count). The molecule has 7 nitrogen and oxygen atoms in total. The predicted molar refractivity (Wildman–Crippen MR) is 89.1 cm³/mol. The molecule has 0 radical (unpaired) electrons. The van der Waals surface area contributed by atoms with E-state index in [1.165, 1.54) is 18.2 Å². The third kappa shape index (κ3) is 3.49. The van der Waals surface area contributed by atoms with E-state index >= 15 is 0 Å². The van der Waals surface area contributed by atoms with Gasteiger partial charge in [-0.2, -0.15) is 0 Å². The third-order valence-electron chi connectivity index (χ3n) is 3.88. The van der Waals surface area contributed by atoms with Crippen LogP contribution in [0, 0.1) is 12.7 Å². The lowest BCUT2D eigenvalue weighted by molar-refractivity contribution is -0.551. The van der Waals surface area contributed by atoms with E-state index in [1.54, 1.807) is 11.5 Å². The number of hydrogen-bond donors (Lipinski definition) is 2. The Kier molecular flexibility index (Phi) is 5.00. The zero-order valence-electron chi connectivity index (χ0n) is 13.5. The molecule has 1 amide bonds. The van der Waals surface area contributed by atoms with Crippen LogP contribution >= 0.6 is 11.6 Å². The monoisotopic (exact) mass is 367 g/mol. The summed E-state index contributed by atoms with van der Waals surface area (Å²) in [6.45, 7) is 3.75. The number of nitrogens with zero attached hydrogens (tertiary/aromatic N) is 2. The summed E-state index contributed by atoms with van der Waals surface area (Å²) in [5.74, 6) is -0.710. The van der Waals surface area contributed by atoms with Gasteiger partial charge in [-0.05, 0) is 19.1 Å². The first-order valence-corrected chi connectivity index (χ1v) is 8.04. The minimum absolute atomic E-state index is 0.0103. The van der Waals surface area contributed by atoms with E-state index < -0.39 is 11.7 Å². The molecule has 2 heterocycles. The highest BCUT2D eigenvalue weighted by Crippen LogP contribution is 2.33. The number of morpholine rings is 1. The van der Waals surface area contributed by atoms with Gasteiger partial charge in [-0.1, -0.05) is 22.8 Å². The van der Waals surface area contributed by atoms with Gasteiger partial charge in [0.1, 0.15) is 22.8 Å². The van der Waals surface area contributed by atoms with Crippen LogP contribution in [-0.2, 0) is 4.74 Å². The highest BCUT2D eigenvalue weighted by Gasteiger charge is 2.28. The number of nitrogens with one attached hydrogen (secondary N) is 1. The van der Waals surface area contributed by atoms with E-state index in [4.69, 9.17) is 26.6 Å². The zero-order chi connectivity index (χ0) is 18.0. The van der Waals surface area contributed by atoms with E-state index in [1.807, 2.05) is 0 Å². The van der Waals surface area contributed by atoms with Crippen molar-refractivity contribution < 1.29 is 23.0 Å². The molecule has 1 aliphatic heterocycles. The van der Waals surface area contributed by atoms with Gasteiger partial charge >= 0.3 is 11.9 Å². The molecular weight excluding hydrogens is 351 g/mol. The zero-order valence-corrected chi connectivity index (χ0v) is 14.3. The van der Waals surface area contributed by atoms with Gasteiger partial charge in [0.05, 0.1) is 36.9 Å². The molecule has 1 aromatic heterocycles. The number of benzene rings is 1. The lowest BCUT2D eigenvalue weighted by Gasteiger charge is -2.16. The van der Waals surface area contributed by atoms with Gasteiger partial charge in [-0.25, -0.2) is 9.71 Å². The number of guanidine groups is 1. The van der Waals surface area contributed by atoms with Gasteiger partial charge in [0, 0.05) is 0 Å². The van der Waals surface area contributed by atoms with Crippen LogP contribution in [0.2, 0.25) is 5.02 Å². The highest BCUT2D eigenvalue weighted by molar-refractivity contribution is 6.33. The van der Waals surface area contributed by atoms with Crippen LogP contribution in [-0.4, -0.2) is 47.9 Å². The van der Waals surface area contributed by atoms with Gasteiger partial charge < -0.3 is 9.26 Å². The summed E-state index contributed by atoms with van der Waals surface area (Å²) in [7, 11) is 0. The average molecular weight is 368 g/mol. The molecule has 132 valence electrons. The van der Waals surface area contributed by atoms with Crippen LogP contribution in [0.25, 0.3) is 11.3 Å². The molecule has 0 spiro atoms. The fourth-order valence-electron chi connectivity index (χ4n) is 2.60. The quantitative estimate of drug-likeness (QED) is 0.620. The van der Waals surface area contributed by atoms with E-state index in [0.29, 0.717) is 26.3 Å². The number of aryl methyl sites for hydroxylation is 1. The van der Waals surface area contributed by atoms with Gasteiger partial charge in [-0.15, -0.1) is 0 Å². The van der Waals surface area contributed by atoms with Crippen molar-refractivity contribution in [2.24, 2.45) is 5.73 Å². The van der Waals surface area contributed by atoms with Crippen molar-refractivity contribution in [3.05, 3.63) is 40.4 Å². The highest BCUT2D eigenvalue weighted by atomic mass is 35.5. The summed E-state index contributed by atoms with van der Waals surface area (Å²) in [5, 5.41) is 6.54. The first-order chi connectivity index (χ1) is 12.0. The molecule has 0 atom stereocenters. The van der Waals surface area contributed by atoms with Crippen LogP contribution in [0.4, 0.5) is 4.39 Å². The summed E-state index contributed by atoms with van der Waals surface area (Å²) < 4.78 is 26.3. The number of carbonyl (C=O) groups is 1. The first-order valence-electron chi connectivity index (χ1n) is 7.66. The van der Waals surface area contributed by atoms with Gasteiger partial charge in [0.25, 0.3) is 0 Å². The van der Waals surface area contributed by atoms with Gasteiger partial charge in [0.15, 0.2) is 0 Å². The Hall–Kier alpha value is -2.45. The van der Waals surface area contributed by atoms with Crippen molar-refractivity contribution in [3.8, 4) is 11.3 Å². The summed E-state index contributed by atoms with van der Waals surface area (Å²) in [4.78, 5) is 12.7. The second-order valence-electron chi connectivity index (χ2n) is 5.50. The molecule has 0 saturated carbocycles. The second kappa shape index (κ2) is 7.20. The van der Waals surface area contributed by atoms with Crippen molar-refractivity contribution in [1.29, 1.82) is 0 Å². The number of rotatable bonds is 2. The number of aromatic nitrogens is 1. The number of carbonyl (C=O) groups excluding carboxylic acids is 1. The van der Waals surface area contributed by atoms with Crippen LogP contribution < -0.4 is 11.1 Å². The maximum absolute atomic E-state index is 14.2. The number of amides is 1. The van der Waals surface area contributed by atoms with Gasteiger partial charge in [0.2, 0.25) is 0 Å². The molecule has 1 aromatic carbocycles. The molecule has 3 N–H and O–H groups in total. The Morgan fingerprint density at radius 2 is 2.12 bits per heavy atom. The lowest BCUT2D eigenvalue weighted by Crippen LogP contribution is -2.47. The Balaban J connectivity index is 1.95. The lowest BCUT2D eigenvalue weighted by atomic mass is 10.0. The molecule has 9 heteroatoms. The molecule has 25 heavy (non-hydrogen) atoms. The standard InChI is InChI=1S/C16H16ClFN4O3/c1-9-12(15(23)20-16(19)22-5-7-24-8-6-22)14(21-25-9)13-10(17)3-2-4-11(13)18/h2-4H,5-8H2,1H3,(H2,19,20,23)/p+1. The number of ether oxygens (including phenoxy) is 1. The maximum atomic E-state index is 14.2. The smallest absolute Gasteiger partial charge is 0.351 e. The number of nitrogens with two attached hydrogens (primary N) is 1. The summed E-state index contributed by atoms with van der Waals surface area (Å²) in [5.41, 5.74) is 6.09. The third-order valence-corrected chi connectivity index (χ3v) is 4.20. The van der Waals surface area contributed by atoms with E-state index in [2.05, 4.69) is 10.5 Å². The van der Waals surface area contributed by atoms with E-state index in [9.17, 15) is 9.18 Å². The van der Waals surface area contributed by atoms with Crippen LogP contribution in [0.15, 0.2) is 22.7 Å². The van der Waals surface area contributed by atoms with Crippen LogP contribution in [0.1, 0.15) is 16.1 Å². The topological polar surface area (TPSA) is 93.4 Å². The van der Waals surface area contributed by atoms with Crippen molar-refractivity contribution in [2.75, 3.05) is 26.3 Å². The Morgan fingerprint density at radius 3 is 2.80 bits per heavy atom. The van der Waals surface area contributed by atoms with Gasteiger partial charge in [-0.3, -0.25) is 15.1 Å².